The third-order valence-electron chi connectivity index (χ3n) is 4.20. The summed E-state index contributed by atoms with van der Waals surface area (Å²) in [5.41, 5.74) is 5.20. The minimum absolute atomic E-state index is 0.809. The number of ether oxygens (including phenoxy) is 1. The summed E-state index contributed by atoms with van der Waals surface area (Å²) < 4.78 is 6.01. The minimum Gasteiger partial charge on any atom is -0.493 e. The molecule has 0 heterocycles. The van der Waals surface area contributed by atoms with Crippen molar-refractivity contribution in [3.8, 4) is 5.75 Å². The number of benzene rings is 2. The molecule has 0 aliphatic rings. The summed E-state index contributed by atoms with van der Waals surface area (Å²) in [6, 6.07) is 15.1. The van der Waals surface area contributed by atoms with E-state index in [2.05, 4.69) is 70.3 Å². The molecule has 0 radical (unpaired) electrons. The van der Waals surface area contributed by atoms with E-state index in [9.17, 15) is 0 Å². The molecule has 0 aliphatic carbocycles. The summed E-state index contributed by atoms with van der Waals surface area (Å²) in [5, 5.41) is 0. The second kappa shape index (κ2) is 8.73. The molecule has 124 valence electrons. The van der Waals surface area contributed by atoms with Crippen molar-refractivity contribution in [2.75, 3.05) is 20.2 Å². The van der Waals surface area contributed by atoms with Gasteiger partial charge in [-0.2, -0.15) is 0 Å². The Balaban J connectivity index is 1.68. The van der Waals surface area contributed by atoms with Crippen LogP contribution in [0.3, 0.4) is 0 Å². The van der Waals surface area contributed by atoms with Crippen LogP contribution >= 0.6 is 0 Å². The van der Waals surface area contributed by atoms with Crippen LogP contribution in [0.4, 0.5) is 0 Å². The van der Waals surface area contributed by atoms with Gasteiger partial charge in [-0.15, -0.1) is 0 Å². The molecule has 2 aromatic carbocycles. The summed E-state index contributed by atoms with van der Waals surface area (Å²) in [4.78, 5) is 1.55. The van der Waals surface area contributed by atoms with Crippen molar-refractivity contribution in [2.45, 2.75) is 40.2 Å². The Kier molecular flexibility index (Phi) is 6.66. The van der Waals surface area contributed by atoms with Gasteiger partial charge in [0.05, 0.1) is 20.2 Å². The van der Waals surface area contributed by atoms with Crippen molar-refractivity contribution in [3.05, 3.63) is 64.7 Å². The molecule has 0 saturated heterocycles. The van der Waals surface area contributed by atoms with E-state index in [4.69, 9.17) is 4.74 Å². The quantitative estimate of drug-likeness (QED) is 0.737. The second-order valence-corrected chi connectivity index (χ2v) is 6.65. The van der Waals surface area contributed by atoms with Gasteiger partial charge in [0.2, 0.25) is 0 Å². The first kappa shape index (κ1) is 17.6. The van der Waals surface area contributed by atoms with Gasteiger partial charge in [-0.3, -0.25) is 0 Å². The molecule has 1 unspecified atom stereocenters. The lowest BCUT2D eigenvalue weighted by atomic mass is 10.1. The lowest BCUT2D eigenvalue weighted by molar-refractivity contribution is -0.894. The Morgan fingerprint density at radius 1 is 0.913 bits per heavy atom. The van der Waals surface area contributed by atoms with Crippen molar-refractivity contribution < 1.29 is 9.64 Å². The van der Waals surface area contributed by atoms with Crippen LogP contribution in [0, 0.1) is 20.8 Å². The molecule has 1 atom stereocenters. The first-order valence-corrected chi connectivity index (χ1v) is 8.62. The lowest BCUT2D eigenvalue weighted by Gasteiger charge is -2.15. The monoisotopic (exact) mass is 312 g/mol. The number of hydrogen-bond donors (Lipinski definition) is 1. The summed E-state index contributed by atoms with van der Waals surface area (Å²) in [6.45, 7) is 9.49. The van der Waals surface area contributed by atoms with E-state index >= 15 is 0 Å². The van der Waals surface area contributed by atoms with E-state index in [1.165, 1.54) is 35.2 Å². The first-order valence-electron chi connectivity index (χ1n) is 8.62. The van der Waals surface area contributed by atoms with Crippen LogP contribution in [0.5, 0.6) is 5.75 Å². The largest absolute Gasteiger partial charge is 0.493 e. The zero-order chi connectivity index (χ0) is 16.7. The van der Waals surface area contributed by atoms with Gasteiger partial charge in [-0.05, 0) is 44.7 Å². The molecule has 2 rings (SSSR count). The van der Waals surface area contributed by atoms with E-state index in [-0.39, 0.29) is 0 Å². The third kappa shape index (κ3) is 5.72. The summed E-state index contributed by atoms with van der Waals surface area (Å²) in [7, 11) is 2.27. The normalized spacial score (nSPS) is 12.2. The molecule has 0 saturated carbocycles. The first-order chi connectivity index (χ1) is 11.1. The maximum absolute atomic E-state index is 6.01. The van der Waals surface area contributed by atoms with Crippen molar-refractivity contribution in [3.63, 3.8) is 0 Å². The van der Waals surface area contributed by atoms with Crippen molar-refractivity contribution >= 4 is 0 Å². The molecule has 23 heavy (non-hydrogen) atoms. The fourth-order valence-electron chi connectivity index (χ4n) is 3.13. The highest BCUT2D eigenvalue weighted by Gasteiger charge is 2.06. The molecule has 0 aromatic heterocycles. The van der Waals surface area contributed by atoms with Crippen LogP contribution in [-0.2, 0) is 6.54 Å². The number of hydrogen-bond acceptors (Lipinski definition) is 1. The second-order valence-electron chi connectivity index (χ2n) is 6.65. The molecule has 2 heteroatoms. The SMILES string of the molecule is Cc1cc(C)c(OCCCC[NH+](C)Cc2ccccc2)c(C)c1. The molecule has 2 nitrogen and oxygen atoms in total. The number of aryl methyl sites for hydroxylation is 3. The van der Waals surface area contributed by atoms with Gasteiger partial charge in [0.15, 0.2) is 0 Å². The van der Waals surface area contributed by atoms with Gasteiger partial charge in [-0.25, -0.2) is 0 Å². The van der Waals surface area contributed by atoms with Crippen molar-refractivity contribution in [1.82, 2.24) is 0 Å². The number of nitrogens with one attached hydrogen (secondary N) is 1. The number of unbranched alkanes of at least 4 members (excludes halogenated alkanes) is 1. The van der Waals surface area contributed by atoms with Crippen LogP contribution in [0.15, 0.2) is 42.5 Å². The molecule has 0 bridgehead atoms. The molecule has 2 aromatic rings. The van der Waals surface area contributed by atoms with Crippen LogP contribution in [0.1, 0.15) is 35.1 Å². The Morgan fingerprint density at radius 2 is 1.57 bits per heavy atom. The fraction of sp³-hybridized carbons (Fsp3) is 0.429. The molecular formula is C21H30NO+. The number of rotatable bonds is 8. The highest BCUT2D eigenvalue weighted by atomic mass is 16.5. The topological polar surface area (TPSA) is 13.7 Å². The van der Waals surface area contributed by atoms with Crippen LogP contribution < -0.4 is 9.64 Å². The average molecular weight is 312 g/mol. The summed E-state index contributed by atoms with van der Waals surface area (Å²) in [5.74, 6) is 1.07. The van der Waals surface area contributed by atoms with E-state index in [0.29, 0.717) is 0 Å². The molecular weight excluding hydrogens is 282 g/mol. The van der Waals surface area contributed by atoms with Crippen molar-refractivity contribution in [2.24, 2.45) is 0 Å². The predicted octanol–water partition coefficient (Wildman–Crippen LogP) is 3.49. The van der Waals surface area contributed by atoms with E-state index in [0.717, 1.165) is 25.3 Å². The molecule has 0 aliphatic heterocycles. The molecule has 0 fully saturated rings. The third-order valence-corrected chi connectivity index (χ3v) is 4.20. The predicted molar refractivity (Wildman–Crippen MR) is 97.3 cm³/mol. The van der Waals surface area contributed by atoms with Crippen LogP contribution in [0.25, 0.3) is 0 Å². The van der Waals surface area contributed by atoms with Gasteiger partial charge in [0, 0.05) is 5.56 Å². The van der Waals surface area contributed by atoms with Gasteiger partial charge >= 0.3 is 0 Å². The average Bonchev–Trinajstić information content (AvgIpc) is 2.50. The highest BCUT2D eigenvalue weighted by molar-refractivity contribution is 5.42. The van der Waals surface area contributed by atoms with Crippen LogP contribution in [0.2, 0.25) is 0 Å². The zero-order valence-electron chi connectivity index (χ0n) is 15.0. The van der Waals surface area contributed by atoms with E-state index in [1.807, 2.05) is 0 Å². The fourth-order valence-corrected chi connectivity index (χ4v) is 3.13. The Hall–Kier alpha value is -1.80. The Labute approximate surface area is 141 Å². The highest BCUT2D eigenvalue weighted by Crippen LogP contribution is 2.24. The lowest BCUT2D eigenvalue weighted by Crippen LogP contribution is -3.07. The van der Waals surface area contributed by atoms with Gasteiger partial charge in [0.25, 0.3) is 0 Å². The molecule has 0 amide bonds. The maximum Gasteiger partial charge on any atom is 0.125 e. The molecule has 0 spiro atoms. The van der Waals surface area contributed by atoms with Gasteiger partial charge in [0.1, 0.15) is 12.3 Å². The van der Waals surface area contributed by atoms with Gasteiger partial charge in [-0.1, -0.05) is 48.0 Å². The standard InChI is InChI=1S/C21H29NO/c1-17-14-18(2)21(19(3)15-17)23-13-9-8-12-22(4)16-20-10-6-5-7-11-20/h5-7,10-11,14-15H,8-9,12-13,16H2,1-4H3/p+1. The van der Waals surface area contributed by atoms with E-state index < -0.39 is 0 Å². The summed E-state index contributed by atoms with van der Waals surface area (Å²) in [6.07, 6.45) is 2.31. The van der Waals surface area contributed by atoms with Crippen LogP contribution in [-0.4, -0.2) is 20.2 Å². The minimum atomic E-state index is 0.809. The molecule has 1 N–H and O–H groups in total. The maximum atomic E-state index is 6.01. The number of quaternary nitrogens is 1. The summed E-state index contributed by atoms with van der Waals surface area (Å²) >= 11 is 0. The van der Waals surface area contributed by atoms with Crippen molar-refractivity contribution in [1.29, 1.82) is 0 Å². The Morgan fingerprint density at radius 3 is 2.22 bits per heavy atom. The zero-order valence-corrected chi connectivity index (χ0v) is 15.0. The van der Waals surface area contributed by atoms with Gasteiger partial charge < -0.3 is 9.64 Å². The smallest absolute Gasteiger partial charge is 0.125 e. The Bertz CT molecular complexity index is 583. The van der Waals surface area contributed by atoms with E-state index in [1.54, 1.807) is 4.90 Å².